The Hall–Kier alpha value is -1.84. The first-order chi connectivity index (χ1) is 10.7. The van der Waals surface area contributed by atoms with E-state index < -0.39 is 35.1 Å². The van der Waals surface area contributed by atoms with Crippen LogP contribution in [0.1, 0.15) is 13.3 Å². The van der Waals surface area contributed by atoms with Gasteiger partial charge in [0.05, 0.1) is 0 Å². The van der Waals surface area contributed by atoms with Gasteiger partial charge < -0.3 is 15.6 Å². The third kappa shape index (κ3) is 5.38. The number of primary amides is 1. The first-order valence-electron chi connectivity index (χ1n) is 6.61. The number of nitrogens with two attached hydrogens (primary N) is 1. The first-order valence-corrected chi connectivity index (χ1v) is 8.43. The van der Waals surface area contributed by atoms with Crippen molar-refractivity contribution >= 4 is 33.5 Å². The lowest BCUT2D eigenvalue weighted by atomic mass is 10.3. The summed E-state index contributed by atoms with van der Waals surface area (Å²) in [5.74, 6) is -2.19. The van der Waals surface area contributed by atoms with Crippen molar-refractivity contribution in [3.63, 3.8) is 0 Å². The smallest absolute Gasteiger partial charge is 0.318 e. The minimum atomic E-state index is -4.17. The number of carbonyl (C=O) groups is 2. The highest BCUT2D eigenvalue weighted by Crippen LogP contribution is 2.30. The van der Waals surface area contributed by atoms with Crippen LogP contribution in [0.3, 0.4) is 0 Å². The predicted molar refractivity (Wildman–Crippen MR) is 82.8 cm³/mol. The molecule has 0 unspecified atom stereocenters. The molecular weight excluding hydrogens is 348 g/mol. The van der Waals surface area contributed by atoms with E-state index in [4.69, 9.17) is 27.2 Å². The van der Waals surface area contributed by atoms with Crippen LogP contribution in [0.2, 0.25) is 5.02 Å². The van der Waals surface area contributed by atoms with Crippen molar-refractivity contribution in [1.29, 1.82) is 0 Å². The van der Waals surface area contributed by atoms with Crippen LogP contribution in [0, 0.1) is 0 Å². The molecule has 0 radical (unpaired) electrons. The Morgan fingerprint density at radius 1 is 1.39 bits per heavy atom. The number of sulfonamides is 1. The van der Waals surface area contributed by atoms with Crippen molar-refractivity contribution in [1.82, 2.24) is 4.31 Å². The van der Waals surface area contributed by atoms with Crippen molar-refractivity contribution in [2.45, 2.75) is 18.2 Å². The summed E-state index contributed by atoms with van der Waals surface area (Å²) in [6.45, 7) is 0.512. The fourth-order valence-electron chi connectivity index (χ4n) is 1.78. The van der Waals surface area contributed by atoms with Gasteiger partial charge in [-0.25, -0.2) is 8.42 Å². The van der Waals surface area contributed by atoms with Gasteiger partial charge in [-0.2, -0.15) is 4.31 Å². The molecule has 128 valence electrons. The Kier molecular flexibility index (Phi) is 6.79. The van der Waals surface area contributed by atoms with Crippen molar-refractivity contribution in [2.75, 3.05) is 19.7 Å². The molecule has 0 aliphatic heterocycles. The topological polar surface area (TPSA) is 127 Å². The van der Waals surface area contributed by atoms with Crippen LogP contribution in [0.5, 0.6) is 5.75 Å². The van der Waals surface area contributed by atoms with Crippen molar-refractivity contribution < 1.29 is 27.9 Å². The van der Waals surface area contributed by atoms with Gasteiger partial charge in [0.2, 0.25) is 10.0 Å². The second kappa shape index (κ2) is 8.14. The quantitative estimate of drug-likeness (QED) is 0.663. The van der Waals surface area contributed by atoms with Crippen LogP contribution in [0.4, 0.5) is 0 Å². The van der Waals surface area contributed by atoms with E-state index in [1.807, 2.05) is 0 Å². The molecule has 3 N–H and O–H groups in total. The summed E-state index contributed by atoms with van der Waals surface area (Å²) >= 11 is 5.83. The van der Waals surface area contributed by atoms with Gasteiger partial charge >= 0.3 is 5.97 Å². The van der Waals surface area contributed by atoms with Crippen LogP contribution in [0.15, 0.2) is 23.1 Å². The number of rotatable bonds is 9. The number of hydrogen-bond donors (Lipinski definition) is 2. The highest BCUT2D eigenvalue weighted by atomic mass is 35.5. The molecule has 0 aliphatic rings. The molecule has 23 heavy (non-hydrogen) atoms. The summed E-state index contributed by atoms with van der Waals surface area (Å²) in [6.07, 6.45) is 0.421. The summed E-state index contributed by atoms with van der Waals surface area (Å²) in [5, 5.41) is 9.02. The zero-order valence-electron chi connectivity index (χ0n) is 12.4. The van der Waals surface area contributed by atoms with Crippen molar-refractivity contribution in [3.05, 3.63) is 23.2 Å². The number of amides is 1. The molecule has 0 saturated carbocycles. The number of hydrogen-bond acceptors (Lipinski definition) is 5. The standard InChI is InChI=1S/C13H17ClN2O6S/c1-2-5-16(7-13(18)19)23(20,21)11-6-9(14)3-4-10(11)22-8-12(15)17/h3-4,6H,2,5,7-8H2,1H3,(H2,15,17)(H,18,19). The number of ether oxygens (including phenoxy) is 1. The molecule has 1 aromatic rings. The Morgan fingerprint density at radius 2 is 2.04 bits per heavy atom. The Bertz CT molecular complexity index is 692. The van der Waals surface area contributed by atoms with E-state index in [9.17, 15) is 18.0 Å². The molecule has 0 aromatic heterocycles. The second-order valence-corrected chi connectivity index (χ2v) is 6.92. The average molecular weight is 365 g/mol. The van der Waals surface area contributed by atoms with Gasteiger partial charge in [-0.05, 0) is 24.6 Å². The largest absolute Gasteiger partial charge is 0.482 e. The lowest BCUT2D eigenvalue weighted by molar-refractivity contribution is -0.137. The number of halogens is 1. The van der Waals surface area contributed by atoms with E-state index in [1.54, 1.807) is 6.92 Å². The van der Waals surface area contributed by atoms with E-state index in [2.05, 4.69) is 0 Å². The van der Waals surface area contributed by atoms with Gasteiger partial charge in [0.25, 0.3) is 5.91 Å². The number of benzene rings is 1. The highest BCUT2D eigenvalue weighted by molar-refractivity contribution is 7.89. The van der Waals surface area contributed by atoms with E-state index in [0.717, 1.165) is 10.4 Å². The van der Waals surface area contributed by atoms with Crippen LogP contribution in [-0.2, 0) is 19.6 Å². The Balaban J connectivity index is 3.30. The third-order valence-corrected chi connectivity index (χ3v) is 4.78. The predicted octanol–water partition coefficient (Wildman–Crippen LogP) is 0.689. The molecule has 0 aliphatic carbocycles. The molecular formula is C13H17ClN2O6S. The Morgan fingerprint density at radius 3 is 2.57 bits per heavy atom. The summed E-state index contributed by atoms with van der Waals surface area (Å²) in [4.78, 5) is 21.4. The van der Waals surface area contributed by atoms with Crippen LogP contribution < -0.4 is 10.5 Å². The molecule has 1 aromatic carbocycles. The summed E-state index contributed by atoms with van der Waals surface area (Å²) in [6, 6.07) is 3.80. The maximum atomic E-state index is 12.7. The zero-order chi connectivity index (χ0) is 17.6. The van der Waals surface area contributed by atoms with E-state index in [1.165, 1.54) is 12.1 Å². The number of nitrogens with zero attached hydrogens (tertiary/aromatic N) is 1. The summed E-state index contributed by atoms with van der Waals surface area (Å²) in [7, 11) is -4.17. The number of aliphatic carboxylic acids is 1. The summed E-state index contributed by atoms with van der Waals surface area (Å²) < 4.78 is 31.3. The molecule has 0 bridgehead atoms. The molecule has 8 nitrogen and oxygen atoms in total. The van der Waals surface area contributed by atoms with Crippen molar-refractivity contribution in [2.24, 2.45) is 5.73 Å². The van der Waals surface area contributed by atoms with E-state index in [0.29, 0.717) is 6.42 Å². The maximum Gasteiger partial charge on any atom is 0.318 e. The van der Waals surface area contributed by atoms with Gasteiger partial charge in [-0.3, -0.25) is 9.59 Å². The normalized spacial score (nSPS) is 11.4. The monoisotopic (exact) mass is 364 g/mol. The molecule has 1 rings (SSSR count). The average Bonchev–Trinajstić information content (AvgIpc) is 2.44. The Labute approximate surface area is 138 Å². The molecule has 0 heterocycles. The minimum Gasteiger partial charge on any atom is -0.482 e. The van der Waals surface area contributed by atoms with Gasteiger partial charge in [-0.15, -0.1) is 0 Å². The van der Waals surface area contributed by atoms with Crippen LogP contribution in [-0.4, -0.2) is 49.4 Å². The maximum absolute atomic E-state index is 12.7. The molecule has 1 amide bonds. The SMILES string of the molecule is CCCN(CC(=O)O)S(=O)(=O)c1cc(Cl)ccc1OCC(N)=O. The lowest BCUT2D eigenvalue weighted by Crippen LogP contribution is -2.36. The van der Waals surface area contributed by atoms with Crippen LogP contribution in [0.25, 0.3) is 0 Å². The summed E-state index contributed by atoms with van der Waals surface area (Å²) in [5.41, 5.74) is 4.98. The van der Waals surface area contributed by atoms with Gasteiger partial charge in [-0.1, -0.05) is 18.5 Å². The fraction of sp³-hybridized carbons (Fsp3) is 0.385. The third-order valence-electron chi connectivity index (χ3n) is 2.68. The van der Waals surface area contributed by atoms with Gasteiger partial charge in [0.15, 0.2) is 6.61 Å². The fourth-order valence-corrected chi connectivity index (χ4v) is 3.65. The number of carboxylic acids is 1. The molecule has 0 atom stereocenters. The van der Waals surface area contributed by atoms with Gasteiger partial charge in [0.1, 0.15) is 17.2 Å². The number of carbonyl (C=O) groups excluding carboxylic acids is 1. The van der Waals surface area contributed by atoms with Crippen molar-refractivity contribution in [3.8, 4) is 5.75 Å². The highest BCUT2D eigenvalue weighted by Gasteiger charge is 2.29. The van der Waals surface area contributed by atoms with Crippen LogP contribution >= 0.6 is 11.6 Å². The van der Waals surface area contributed by atoms with E-state index in [-0.39, 0.29) is 22.2 Å². The molecule has 0 fully saturated rings. The second-order valence-electron chi connectivity index (χ2n) is 4.58. The molecule has 0 spiro atoms. The van der Waals surface area contributed by atoms with Gasteiger partial charge in [0, 0.05) is 11.6 Å². The number of carboxylic acid groups (broad SMARTS) is 1. The molecule has 10 heteroatoms. The zero-order valence-corrected chi connectivity index (χ0v) is 13.9. The lowest BCUT2D eigenvalue weighted by Gasteiger charge is -2.21. The first kappa shape index (κ1) is 19.2. The molecule has 0 saturated heterocycles. The van der Waals surface area contributed by atoms with E-state index >= 15 is 0 Å². The minimum absolute atomic E-state index is 0.0103.